The van der Waals surface area contributed by atoms with Crippen LogP contribution in [0.2, 0.25) is 0 Å². The van der Waals surface area contributed by atoms with E-state index in [0.717, 1.165) is 12.8 Å². The molecule has 2 N–H and O–H groups in total. The van der Waals surface area contributed by atoms with Gasteiger partial charge >= 0.3 is 0 Å². The highest BCUT2D eigenvalue weighted by molar-refractivity contribution is 5.41. The molecule has 0 fully saturated rings. The maximum Gasteiger partial charge on any atom is 0.167 e. The zero-order valence-electron chi connectivity index (χ0n) is 11.9. The molecule has 0 saturated carbocycles. The maximum absolute atomic E-state index is 13.9. The van der Waals surface area contributed by atoms with Gasteiger partial charge in [-0.1, -0.05) is 37.6 Å². The second-order valence-corrected chi connectivity index (χ2v) is 4.94. The zero-order valence-corrected chi connectivity index (χ0v) is 11.9. The van der Waals surface area contributed by atoms with Crippen LogP contribution in [-0.4, -0.2) is 0 Å². The summed E-state index contributed by atoms with van der Waals surface area (Å²) in [6, 6.07) is 12.3. The Hall–Kier alpha value is -1.87. The highest BCUT2D eigenvalue weighted by Gasteiger charge is 2.13. The fourth-order valence-corrected chi connectivity index (χ4v) is 2.12. The third kappa shape index (κ3) is 3.36. The fourth-order valence-electron chi connectivity index (χ4n) is 2.12. The van der Waals surface area contributed by atoms with Crippen LogP contribution in [0.5, 0.6) is 11.5 Å². The van der Waals surface area contributed by atoms with E-state index >= 15 is 0 Å². The van der Waals surface area contributed by atoms with Gasteiger partial charge in [-0.3, -0.25) is 0 Å². The molecule has 106 valence electrons. The van der Waals surface area contributed by atoms with Crippen LogP contribution in [0.25, 0.3) is 0 Å². The van der Waals surface area contributed by atoms with E-state index in [9.17, 15) is 4.39 Å². The Morgan fingerprint density at radius 1 is 1.15 bits per heavy atom. The minimum absolute atomic E-state index is 0.214. The number of nitrogens with two attached hydrogens (primary N) is 1. The third-order valence-electron chi connectivity index (χ3n) is 3.17. The standard InChI is InChI=1S/C17H20FNO/c1-3-5-13-8-10-14(11-9-13)20-17-15(12(2)19)6-4-7-16(17)18/h4,6-12H,3,5,19H2,1-2H3/t12-/m0/s1. The Kier molecular flexibility index (Phi) is 4.74. The van der Waals surface area contributed by atoms with Crippen molar-refractivity contribution in [3.63, 3.8) is 0 Å². The SMILES string of the molecule is CCCc1ccc(Oc2c(F)cccc2[C@H](C)N)cc1. The quantitative estimate of drug-likeness (QED) is 0.864. The molecule has 0 unspecified atom stereocenters. The minimum Gasteiger partial charge on any atom is -0.454 e. The van der Waals surface area contributed by atoms with Crippen molar-refractivity contribution >= 4 is 0 Å². The molecule has 0 amide bonds. The monoisotopic (exact) mass is 273 g/mol. The Balaban J connectivity index is 2.25. The minimum atomic E-state index is -0.391. The van der Waals surface area contributed by atoms with Crippen molar-refractivity contribution in [1.82, 2.24) is 0 Å². The molecule has 0 bridgehead atoms. The summed E-state index contributed by atoms with van der Waals surface area (Å²) in [5.41, 5.74) is 7.77. The van der Waals surface area contributed by atoms with Crippen LogP contribution < -0.4 is 10.5 Å². The lowest BCUT2D eigenvalue weighted by Gasteiger charge is -2.14. The Bertz CT molecular complexity index is 564. The van der Waals surface area contributed by atoms with Crippen molar-refractivity contribution in [2.45, 2.75) is 32.7 Å². The van der Waals surface area contributed by atoms with Crippen LogP contribution in [0.4, 0.5) is 4.39 Å². The van der Waals surface area contributed by atoms with Gasteiger partial charge < -0.3 is 10.5 Å². The molecule has 0 heterocycles. The molecule has 0 aliphatic carbocycles. The summed E-state index contributed by atoms with van der Waals surface area (Å²) in [5, 5.41) is 0. The highest BCUT2D eigenvalue weighted by atomic mass is 19.1. The van der Waals surface area contributed by atoms with Crippen LogP contribution in [-0.2, 0) is 6.42 Å². The van der Waals surface area contributed by atoms with E-state index in [4.69, 9.17) is 10.5 Å². The second kappa shape index (κ2) is 6.53. The normalized spacial score (nSPS) is 12.2. The summed E-state index contributed by atoms with van der Waals surface area (Å²) in [6.45, 7) is 3.95. The van der Waals surface area contributed by atoms with Crippen molar-refractivity contribution in [3.05, 3.63) is 59.4 Å². The molecule has 0 saturated heterocycles. The highest BCUT2D eigenvalue weighted by Crippen LogP contribution is 2.31. The number of hydrogen-bond acceptors (Lipinski definition) is 2. The van der Waals surface area contributed by atoms with E-state index in [1.165, 1.54) is 11.6 Å². The molecule has 0 aliphatic rings. The lowest BCUT2D eigenvalue weighted by atomic mass is 10.1. The summed E-state index contributed by atoms with van der Waals surface area (Å²) in [7, 11) is 0. The van der Waals surface area contributed by atoms with Crippen LogP contribution in [0.3, 0.4) is 0 Å². The Morgan fingerprint density at radius 2 is 1.85 bits per heavy atom. The van der Waals surface area contributed by atoms with Gasteiger partial charge in [-0.2, -0.15) is 0 Å². The van der Waals surface area contributed by atoms with Gasteiger partial charge in [0.1, 0.15) is 5.75 Å². The summed E-state index contributed by atoms with van der Waals surface area (Å²) >= 11 is 0. The first-order chi connectivity index (χ1) is 9.61. The van der Waals surface area contributed by atoms with Crippen molar-refractivity contribution < 1.29 is 9.13 Å². The topological polar surface area (TPSA) is 35.2 Å². The van der Waals surface area contributed by atoms with Crippen LogP contribution in [0.15, 0.2) is 42.5 Å². The number of ether oxygens (including phenoxy) is 1. The Morgan fingerprint density at radius 3 is 2.45 bits per heavy atom. The van der Waals surface area contributed by atoms with Gasteiger partial charge in [-0.25, -0.2) is 4.39 Å². The largest absolute Gasteiger partial charge is 0.454 e. The molecule has 3 heteroatoms. The third-order valence-corrected chi connectivity index (χ3v) is 3.17. The van der Waals surface area contributed by atoms with Gasteiger partial charge in [0.15, 0.2) is 11.6 Å². The molecule has 2 aromatic carbocycles. The maximum atomic E-state index is 13.9. The van der Waals surface area contributed by atoms with Crippen molar-refractivity contribution in [1.29, 1.82) is 0 Å². The summed E-state index contributed by atoms with van der Waals surface area (Å²) in [5.74, 6) is 0.444. The van der Waals surface area contributed by atoms with Crippen molar-refractivity contribution in [2.75, 3.05) is 0 Å². The lowest BCUT2D eigenvalue weighted by Crippen LogP contribution is -2.07. The van der Waals surface area contributed by atoms with Gasteiger partial charge in [0.25, 0.3) is 0 Å². The van der Waals surface area contributed by atoms with Crippen LogP contribution in [0.1, 0.15) is 37.4 Å². The van der Waals surface area contributed by atoms with E-state index in [1.54, 1.807) is 12.1 Å². The molecule has 1 atom stereocenters. The first-order valence-corrected chi connectivity index (χ1v) is 6.92. The van der Waals surface area contributed by atoms with Crippen LogP contribution >= 0.6 is 0 Å². The summed E-state index contributed by atoms with van der Waals surface area (Å²) < 4.78 is 19.6. The number of halogens is 1. The zero-order chi connectivity index (χ0) is 14.5. The lowest BCUT2D eigenvalue weighted by molar-refractivity contribution is 0.432. The number of para-hydroxylation sites is 1. The van der Waals surface area contributed by atoms with E-state index < -0.39 is 5.82 Å². The van der Waals surface area contributed by atoms with Gasteiger partial charge in [-0.05, 0) is 37.1 Å². The van der Waals surface area contributed by atoms with Crippen molar-refractivity contribution in [3.8, 4) is 11.5 Å². The van der Waals surface area contributed by atoms with Gasteiger partial charge in [-0.15, -0.1) is 0 Å². The molecule has 2 aromatic rings. The Labute approximate surface area is 119 Å². The molecule has 20 heavy (non-hydrogen) atoms. The van der Waals surface area contributed by atoms with E-state index in [-0.39, 0.29) is 11.8 Å². The van der Waals surface area contributed by atoms with Gasteiger partial charge in [0.2, 0.25) is 0 Å². The molecule has 2 rings (SSSR count). The number of hydrogen-bond donors (Lipinski definition) is 1. The predicted molar refractivity (Wildman–Crippen MR) is 79.5 cm³/mol. The first-order valence-electron chi connectivity index (χ1n) is 6.92. The van der Waals surface area contributed by atoms with E-state index in [1.807, 2.05) is 31.2 Å². The predicted octanol–water partition coefficient (Wildman–Crippen LogP) is 4.59. The number of benzene rings is 2. The molecule has 0 radical (unpaired) electrons. The average Bonchev–Trinajstić information content (AvgIpc) is 2.43. The molecule has 0 spiro atoms. The first kappa shape index (κ1) is 14.5. The number of aryl methyl sites for hydroxylation is 1. The van der Waals surface area contributed by atoms with E-state index in [2.05, 4.69) is 6.92 Å². The molecular weight excluding hydrogens is 253 g/mol. The van der Waals surface area contributed by atoms with E-state index in [0.29, 0.717) is 11.3 Å². The molecule has 0 aromatic heterocycles. The fraction of sp³-hybridized carbons (Fsp3) is 0.294. The van der Waals surface area contributed by atoms with Crippen molar-refractivity contribution in [2.24, 2.45) is 5.73 Å². The molecule has 0 aliphatic heterocycles. The summed E-state index contributed by atoms with van der Waals surface area (Å²) in [6.07, 6.45) is 2.13. The molecule has 2 nitrogen and oxygen atoms in total. The average molecular weight is 273 g/mol. The molecular formula is C17H20FNO. The van der Waals surface area contributed by atoms with Crippen LogP contribution in [0, 0.1) is 5.82 Å². The van der Waals surface area contributed by atoms with Gasteiger partial charge in [0.05, 0.1) is 0 Å². The number of rotatable bonds is 5. The smallest absolute Gasteiger partial charge is 0.167 e. The summed E-state index contributed by atoms with van der Waals surface area (Å²) in [4.78, 5) is 0. The van der Waals surface area contributed by atoms with Gasteiger partial charge in [0, 0.05) is 11.6 Å². The second-order valence-electron chi connectivity index (χ2n) is 4.94.